The number of aliphatic hydroxyl groups excluding tert-OH is 3. The number of ether oxygens (including phenoxy) is 1. The van der Waals surface area contributed by atoms with Crippen molar-refractivity contribution in [1.82, 2.24) is 0 Å². The van der Waals surface area contributed by atoms with Crippen LogP contribution in [0.1, 0.15) is 98.8 Å². The highest BCUT2D eigenvalue weighted by atomic mass is 31.2. The largest absolute Gasteiger partial charge is 0.474 e. The van der Waals surface area contributed by atoms with Gasteiger partial charge in [-0.05, 0) is 91.4 Å². The van der Waals surface area contributed by atoms with Gasteiger partial charge in [-0.15, -0.1) is 0 Å². The molecule has 0 amide bonds. The third-order valence-corrected chi connectivity index (χ3v) is 14.2. The Bertz CT molecular complexity index is 1300. The summed E-state index contributed by atoms with van der Waals surface area (Å²) in [7, 11) is -9.91. The SMILES string of the molecule is CC(C)CCC[C@@H](C)[C@H]1CC[C@H]2[C@@H]3C(=O)C=C4C[C@@H](OP(=O)(O)O[C@H]5O[C@H](COP(=O)(O)O)[C@H](O)[C@@H](O)[C@H]5O)CC[C@]4(C)[C@H]3CC[C@]12C. The van der Waals surface area contributed by atoms with Crippen molar-refractivity contribution in [1.29, 1.82) is 0 Å². The fourth-order valence-electron chi connectivity index (χ4n) is 10.1. The molecule has 48 heavy (non-hydrogen) atoms. The third-order valence-electron chi connectivity index (χ3n) is 12.7. The predicted molar refractivity (Wildman–Crippen MR) is 174 cm³/mol. The van der Waals surface area contributed by atoms with Crippen LogP contribution in [0.3, 0.4) is 0 Å². The van der Waals surface area contributed by atoms with Gasteiger partial charge in [0.15, 0.2) is 12.1 Å². The number of carbonyl (C=O) groups is 1. The van der Waals surface area contributed by atoms with Crippen molar-refractivity contribution in [3.8, 4) is 0 Å². The van der Waals surface area contributed by atoms with Crippen LogP contribution in [0.2, 0.25) is 0 Å². The zero-order chi connectivity index (χ0) is 35.4. The highest BCUT2D eigenvalue weighted by Crippen LogP contribution is 2.67. The lowest BCUT2D eigenvalue weighted by atomic mass is 9.46. The molecular weight excluding hydrogens is 666 g/mol. The van der Waals surface area contributed by atoms with E-state index < -0.39 is 59.1 Å². The van der Waals surface area contributed by atoms with E-state index in [2.05, 4.69) is 39.1 Å². The number of rotatable bonds is 12. The normalized spacial score (nSPS) is 43.6. The Hall–Kier alpha value is -0.530. The van der Waals surface area contributed by atoms with Crippen molar-refractivity contribution in [3.63, 3.8) is 0 Å². The van der Waals surface area contributed by atoms with Crippen LogP contribution in [0.15, 0.2) is 11.6 Å². The van der Waals surface area contributed by atoms with Crippen LogP contribution in [0.25, 0.3) is 0 Å². The first kappa shape index (κ1) is 38.7. The fraction of sp³-hybridized carbons (Fsp3) is 0.909. The second-order valence-corrected chi connectivity index (χ2v) is 18.7. The Labute approximate surface area is 283 Å². The molecule has 276 valence electrons. The number of aliphatic hydroxyl groups is 3. The maximum atomic E-state index is 13.9. The van der Waals surface area contributed by atoms with Crippen molar-refractivity contribution in [2.24, 2.45) is 46.3 Å². The Balaban J connectivity index is 1.23. The van der Waals surface area contributed by atoms with E-state index >= 15 is 0 Å². The van der Waals surface area contributed by atoms with Gasteiger partial charge in [-0.2, -0.15) is 0 Å². The molecule has 4 aliphatic carbocycles. The zero-order valence-electron chi connectivity index (χ0n) is 28.7. The minimum absolute atomic E-state index is 0.0238. The van der Waals surface area contributed by atoms with Crippen molar-refractivity contribution < 1.29 is 62.2 Å². The topological polar surface area (TPSA) is 210 Å². The molecule has 1 unspecified atom stereocenters. The highest BCUT2D eigenvalue weighted by Gasteiger charge is 2.61. The summed E-state index contributed by atoms with van der Waals surface area (Å²) in [4.78, 5) is 42.5. The molecule has 15 heteroatoms. The number of carbonyl (C=O) groups excluding carboxylic acids is 1. The van der Waals surface area contributed by atoms with Crippen LogP contribution in [-0.4, -0.2) is 79.2 Å². The number of hydrogen-bond acceptors (Lipinski definition) is 10. The van der Waals surface area contributed by atoms with Gasteiger partial charge in [0.1, 0.15) is 24.4 Å². The van der Waals surface area contributed by atoms with Gasteiger partial charge in [-0.25, -0.2) is 9.13 Å². The van der Waals surface area contributed by atoms with Crippen LogP contribution in [0.4, 0.5) is 0 Å². The maximum absolute atomic E-state index is 13.9. The van der Waals surface area contributed by atoms with Gasteiger partial charge in [0.2, 0.25) is 0 Å². The van der Waals surface area contributed by atoms with Gasteiger partial charge in [0.05, 0.1) is 12.7 Å². The average Bonchev–Trinajstić information content (AvgIpc) is 3.34. The standard InChI is InChI=1S/C33H56O13P2/c1-18(2)7-6-8-19(3)22-9-10-23-27-24(12-14-33(22,23)5)32(4)13-11-21(15-20(32)16-25(27)34)45-48(41,42)46-31-30(37)29(36)28(35)26(44-31)17-43-47(38,39)40/h16,18-19,21-24,26-31,35-37H,6-15,17H2,1-5H3,(H,41,42)(H2,38,39,40)/t19-,21+,22-,23+,24+,26-,27+,28+,29-,30-,31-,32+,33-/m1/s1. The Morgan fingerprint density at radius 1 is 0.917 bits per heavy atom. The maximum Gasteiger partial charge on any atom is 0.474 e. The summed E-state index contributed by atoms with van der Waals surface area (Å²) >= 11 is 0. The van der Waals surface area contributed by atoms with Gasteiger partial charge >= 0.3 is 15.6 Å². The molecule has 13 nitrogen and oxygen atoms in total. The van der Waals surface area contributed by atoms with Crippen LogP contribution < -0.4 is 0 Å². The van der Waals surface area contributed by atoms with Crippen LogP contribution in [-0.2, 0) is 32.2 Å². The first-order valence-corrected chi connectivity index (χ1v) is 20.6. The molecule has 1 heterocycles. The molecule has 5 aliphatic rings. The van der Waals surface area contributed by atoms with Crippen molar-refractivity contribution in [2.75, 3.05) is 6.61 Å². The Kier molecular flexibility index (Phi) is 11.7. The minimum Gasteiger partial charge on any atom is -0.387 e. The Morgan fingerprint density at radius 3 is 2.29 bits per heavy atom. The first-order chi connectivity index (χ1) is 22.3. The average molecular weight is 723 g/mol. The second-order valence-electron chi connectivity index (χ2n) is 16.1. The number of fused-ring (bicyclic) bond motifs is 5. The summed E-state index contributed by atoms with van der Waals surface area (Å²) in [5.74, 6) is 2.63. The molecule has 0 aromatic rings. The molecule has 14 atom stereocenters. The molecule has 6 N–H and O–H groups in total. The molecule has 1 aliphatic heterocycles. The number of allylic oxidation sites excluding steroid dienone is 1. The summed E-state index contributed by atoms with van der Waals surface area (Å²) < 4.78 is 44.4. The van der Waals surface area contributed by atoms with E-state index in [0.29, 0.717) is 36.5 Å². The van der Waals surface area contributed by atoms with Gasteiger partial charge in [0.25, 0.3) is 0 Å². The number of phosphoric acid groups is 2. The van der Waals surface area contributed by atoms with Crippen LogP contribution >= 0.6 is 15.6 Å². The fourth-order valence-corrected chi connectivity index (χ4v) is 11.5. The van der Waals surface area contributed by atoms with Crippen molar-refractivity contribution >= 4 is 21.4 Å². The summed E-state index contributed by atoms with van der Waals surface area (Å²) in [6.07, 6.45) is 1.07. The van der Waals surface area contributed by atoms with E-state index in [-0.39, 0.29) is 34.9 Å². The molecule has 0 aromatic heterocycles. The van der Waals surface area contributed by atoms with E-state index in [4.69, 9.17) is 23.6 Å². The lowest BCUT2D eigenvalue weighted by Crippen LogP contribution is -2.59. The Morgan fingerprint density at radius 2 is 1.62 bits per heavy atom. The summed E-state index contributed by atoms with van der Waals surface area (Å²) in [6, 6.07) is 0. The number of hydrogen-bond donors (Lipinski definition) is 6. The molecule has 5 rings (SSSR count). The first-order valence-electron chi connectivity index (χ1n) is 17.6. The lowest BCUT2D eigenvalue weighted by molar-refractivity contribution is -0.280. The molecule has 0 bridgehead atoms. The quantitative estimate of drug-likeness (QED) is 0.152. The molecule has 0 radical (unpaired) electrons. The summed E-state index contributed by atoms with van der Waals surface area (Å²) in [5, 5.41) is 30.7. The predicted octanol–water partition coefficient (Wildman–Crippen LogP) is 4.63. The molecule has 0 spiro atoms. The summed E-state index contributed by atoms with van der Waals surface area (Å²) in [6.45, 7) is 10.7. The van der Waals surface area contributed by atoms with E-state index in [9.17, 15) is 34.1 Å². The van der Waals surface area contributed by atoms with E-state index in [1.54, 1.807) is 6.08 Å². The smallest absolute Gasteiger partial charge is 0.387 e. The number of ketones is 1. The molecule has 0 aromatic carbocycles. The number of phosphoric ester groups is 2. The van der Waals surface area contributed by atoms with Gasteiger partial charge < -0.3 is 34.7 Å². The highest BCUT2D eigenvalue weighted by molar-refractivity contribution is 7.47. The van der Waals surface area contributed by atoms with Crippen molar-refractivity contribution in [2.45, 2.75) is 136 Å². The molecule has 1 saturated heterocycles. The van der Waals surface area contributed by atoms with Gasteiger partial charge in [0, 0.05) is 5.92 Å². The summed E-state index contributed by atoms with van der Waals surface area (Å²) in [5.41, 5.74) is 0.816. The molecule has 3 saturated carbocycles. The van der Waals surface area contributed by atoms with Crippen LogP contribution in [0, 0.1) is 46.3 Å². The zero-order valence-corrected chi connectivity index (χ0v) is 30.5. The van der Waals surface area contributed by atoms with Crippen LogP contribution in [0.5, 0.6) is 0 Å². The van der Waals surface area contributed by atoms with E-state index in [1.165, 1.54) is 25.7 Å². The molecular formula is C33H56O13P2. The van der Waals surface area contributed by atoms with Crippen molar-refractivity contribution in [3.05, 3.63) is 11.6 Å². The van der Waals surface area contributed by atoms with E-state index in [0.717, 1.165) is 24.8 Å². The lowest BCUT2D eigenvalue weighted by Gasteiger charge is -2.57. The third kappa shape index (κ3) is 7.93. The van der Waals surface area contributed by atoms with Gasteiger partial charge in [-0.3, -0.25) is 18.4 Å². The van der Waals surface area contributed by atoms with Gasteiger partial charge in [-0.1, -0.05) is 59.5 Å². The second kappa shape index (κ2) is 14.5. The minimum atomic E-state index is -4.97. The molecule has 4 fully saturated rings. The monoisotopic (exact) mass is 722 g/mol. The van der Waals surface area contributed by atoms with E-state index in [1.807, 2.05) is 0 Å².